The van der Waals surface area contributed by atoms with Crippen LogP contribution in [0.25, 0.3) is 22.3 Å². The molecule has 0 bridgehead atoms. The Balaban J connectivity index is 1.29. The van der Waals surface area contributed by atoms with E-state index >= 15 is 0 Å². The van der Waals surface area contributed by atoms with E-state index in [0.717, 1.165) is 54.2 Å². The second-order valence-corrected chi connectivity index (χ2v) is 7.95. The van der Waals surface area contributed by atoms with Gasteiger partial charge >= 0.3 is 0 Å². The SMILES string of the molecule is CNCCNCCNCCNC(=O)c1cc2cc(Nc3nccc(-c4ccccn4)n3)ccc2[nH]1. The number of nitrogens with one attached hydrogen (secondary N) is 6. The van der Waals surface area contributed by atoms with E-state index in [1.165, 1.54) is 0 Å². The summed E-state index contributed by atoms with van der Waals surface area (Å²) in [6, 6.07) is 15.2. The second kappa shape index (κ2) is 12.6. The zero-order valence-electron chi connectivity index (χ0n) is 19.8. The topological polar surface area (TPSA) is 132 Å². The van der Waals surface area contributed by atoms with E-state index in [1.807, 2.05) is 55.6 Å². The van der Waals surface area contributed by atoms with Crippen LogP contribution in [-0.4, -0.2) is 72.2 Å². The molecule has 0 saturated carbocycles. The molecule has 0 unspecified atom stereocenters. The molecule has 3 heterocycles. The highest BCUT2D eigenvalue weighted by Gasteiger charge is 2.10. The Hall–Kier alpha value is -3.86. The first-order valence-corrected chi connectivity index (χ1v) is 11.7. The van der Waals surface area contributed by atoms with Crippen LogP contribution in [0.5, 0.6) is 0 Å². The summed E-state index contributed by atoms with van der Waals surface area (Å²) >= 11 is 0. The molecule has 3 aromatic heterocycles. The van der Waals surface area contributed by atoms with Crippen LogP contribution in [0.1, 0.15) is 10.5 Å². The van der Waals surface area contributed by atoms with Gasteiger partial charge in [-0.05, 0) is 49.5 Å². The molecular formula is C25H31N9O. The van der Waals surface area contributed by atoms with Gasteiger partial charge in [0.15, 0.2) is 0 Å². The van der Waals surface area contributed by atoms with Gasteiger partial charge in [-0.1, -0.05) is 6.07 Å². The summed E-state index contributed by atoms with van der Waals surface area (Å²) < 4.78 is 0. The minimum Gasteiger partial charge on any atom is -0.351 e. The van der Waals surface area contributed by atoms with Crippen molar-refractivity contribution in [2.24, 2.45) is 0 Å². The van der Waals surface area contributed by atoms with Crippen LogP contribution < -0.4 is 26.6 Å². The highest BCUT2D eigenvalue weighted by Crippen LogP contribution is 2.23. The molecular weight excluding hydrogens is 442 g/mol. The number of amides is 1. The summed E-state index contributed by atoms with van der Waals surface area (Å²) in [5.41, 5.74) is 3.76. The number of likely N-dealkylation sites (N-methyl/N-ethyl adjacent to an activating group) is 1. The predicted molar refractivity (Wildman–Crippen MR) is 139 cm³/mol. The fourth-order valence-electron chi connectivity index (χ4n) is 3.54. The zero-order chi connectivity index (χ0) is 24.3. The summed E-state index contributed by atoms with van der Waals surface area (Å²) in [6.45, 7) is 4.91. The first-order chi connectivity index (χ1) is 17.2. The standard InChI is InChI=1S/C25H31N9O/c1-26-10-11-27-12-13-28-14-15-30-24(35)23-17-18-16-19(5-6-20(18)33-23)32-25-31-9-7-22(34-25)21-4-2-3-8-29-21/h2-9,16-17,26-28,33H,10-15H2,1H3,(H,30,35)(H,31,32,34). The number of hydrogen-bond acceptors (Lipinski definition) is 8. The van der Waals surface area contributed by atoms with Gasteiger partial charge in [0.25, 0.3) is 5.91 Å². The van der Waals surface area contributed by atoms with Gasteiger partial charge in [-0.15, -0.1) is 0 Å². The molecule has 0 aliphatic heterocycles. The van der Waals surface area contributed by atoms with Gasteiger partial charge in [0, 0.05) is 68.3 Å². The zero-order valence-corrected chi connectivity index (χ0v) is 19.8. The summed E-state index contributed by atoms with van der Waals surface area (Å²) in [4.78, 5) is 28.9. The molecule has 0 saturated heterocycles. The third kappa shape index (κ3) is 7.06. The molecule has 0 aliphatic carbocycles. The van der Waals surface area contributed by atoms with Crippen molar-refractivity contribution in [3.05, 3.63) is 66.6 Å². The van der Waals surface area contributed by atoms with Crippen molar-refractivity contribution in [2.75, 3.05) is 51.6 Å². The van der Waals surface area contributed by atoms with Crippen LogP contribution in [0.4, 0.5) is 11.6 Å². The Morgan fingerprint density at radius 1 is 0.857 bits per heavy atom. The van der Waals surface area contributed by atoms with Gasteiger partial charge < -0.3 is 31.6 Å². The molecule has 35 heavy (non-hydrogen) atoms. The lowest BCUT2D eigenvalue weighted by Gasteiger charge is -2.07. The van der Waals surface area contributed by atoms with Crippen LogP contribution in [0, 0.1) is 0 Å². The van der Waals surface area contributed by atoms with E-state index in [4.69, 9.17) is 0 Å². The third-order valence-corrected chi connectivity index (χ3v) is 5.32. The molecule has 0 atom stereocenters. The number of rotatable bonds is 13. The van der Waals surface area contributed by atoms with Crippen molar-refractivity contribution in [2.45, 2.75) is 0 Å². The average molecular weight is 474 g/mol. The van der Waals surface area contributed by atoms with Gasteiger partial charge in [0.05, 0.1) is 11.4 Å². The van der Waals surface area contributed by atoms with E-state index < -0.39 is 0 Å². The van der Waals surface area contributed by atoms with Crippen molar-refractivity contribution in [3.63, 3.8) is 0 Å². The minimum atomic E-state index is -0.129. The normalized spacial score (nSPS) is 11.0. The van der Waals surface area contributed by atoms with Gasteiger partial charge in [-0.3, -0.25) is 9.78 Å². The Labute approximate surface area is 204 Å². The highest BCUT2D eigenvalue weighted by molar-refractivity contribution is 5.98. The average Bonchev–Trinajstić information content (AvgIpc) is 3.32. The monoisotopic (exact) mass is 473 g/mol. The Morgan fingerprint density at radius 2 is 1.69 bits per heavy atom. The predicted octanol–water partition coefficient (Wildman–Crippen LogP) is 1.89. The number of H-pyrrole nitrogens is 1. The molecule has 1 aromatic carbocycles. The van der Waals surface area contributed by atoms with E-state index in [0.29, 0.717) is 24.7 Å². The smallest absolute Gasteiger partial charge is 0.267 e. The van der Waals surface area contributed by atoms with Crippen LogP contribution >= 0.6 is 0 Å². The Morgan fingerprint density at radius 3 is 2.49 bits per heavy atom. The van der Waals surface area contributed by atoms with Crippen molar-refractivity contribution in [1.82, 2.24) is 41.2 Å². The Kier molecular flexibility index (Phi) is 8.71. The second-order valence-electron chi connectivity index (χ2n) is 7.95. The fourth-order valence-corrected chi connectivity index (χ4v) is 3.54. The first kappa shape index (κ1) is 24.3. The maximum absolute atomic E-state index is 12.5. The van der Waals surface area contributed by atoms with Crippen LogP contribution in [0.15, 0.2) is 60.9 Å². The Bertz CT molecular complexity index is 1230. The third-order valence-electron chi connectivity index (χ3n) is 5.32. The summed E-state index contributed by atoms with van der Waals surface area (Å²) in [5.74, 6) is 0.349. The van der Waals surface area contributed by atoms with E-state index in [2.05, 4.69) is 46.5 Å². The van der Waals surface area contributed by atoms with Crippen LogP contribution in [0.3, 0.4) is 0 Å². The number of benzene rings is 1. The van der Waals surface area contributed by atoms with Crippen molar-refractivity contribution in [3.8, 4) is 11.4 Å². The van der Waals surface area contributed by atoms with E-state index in [1.54, 1.807) is 12.4 Å². The molecule has 4 aromatic rings. The fraction of sp³-hybridized carbons (Fsp3) is 0.280. The molecule has 0 fully saturated rings. The molecule has 0 aliphatic rings. The molecule has 0 spiro atoms. The molecule has 182 valence electrons. The summed E-state index contributed by atoms with van der Waals surface area (Å²) in [6.07, 6.45) is 3.44. The number of aromatic amines is 1. The first-order valence-electron chi connectivity index (χ1n) is 11.7. The lowest BCUT2D eigenvalue weighted by atomic mass is 10.2. The number of fused-ring (bicyclic) bond motifs is 1. The molecule has 10 heteroatoms. The number of hydrogen-bond donors (Lipinski definition) is 6. The van der Waals surface area contributed by atoms with E-state index in [9.17, 15) is 4.79 Å². The van der Waals surface area contributed by atoms with Gasteiger partial charge in [0.1, 0.15) is 5.69 Å². The lowest BCUT2D eigenvalue weighted by Crippen LogP contribution is -2.36. The molecule has 6 N–H and O–H groups in total. The number of carbonyl (C=O) groups excluding carboxylic acids is 1. The minimum absolute atomic E-state index is 0.129. The number of aromatic nitrogens is 4. The summed E-state index contributed by atoms with van der Waals surface area (Å²) in [7, 11) is 1.94. The van der Waals surface area contributed by atoms with E-state index in [-0.39, 0.29) is 5.91 Å². The maximum atomic E-state index is 12.5. The van der Waals surface area contributed by atoms with Crippen molar-refractivity contribution >= 4 is 28.4 Å². The molecule has 4 rings (SSSR count). The number of anilines is 2. The lowest BCUT2D eigenvalue weighted by molar-refractivity contribution is 0.0950. The molecule has 0 radical (unpaired) electrons. The maximum Gasteiger partial charge on any atom is 0.267 e. The van der Waals surface area contributed by atoms with Crippen LogP contribution in [-0.2, 0) is 0 Å². The van der Waals surface area contributed by atoms with Gasteiger partial charge in [-0.2, -0.15) is 0 Å². The molecule has 1 amide bonds. The number of nitrogens with zero attached hydrogens (tertiary/aromatic N) is 3. The molecule has 10 nitrogen and oxygen atoms in total. The highest BCUT2D eigenvalue weighted by atomic mass is 16.1. The number of carbonyl (C=O) groups is 1. The van der Waals surface area contributed by atoms with Gasteiger partial charge in [0.2, 0.25) is 5.95 Å². The van der Waals surface area contributed by atoms with Crippen molar-refractivity contribution < 1.29 is 4.79 Å². The van der Waals surface area contributed by atoms with Crippen LogP contribution in [0.2, 0.25) is 0 Å². The largest absolute Gasteiger partial charge is 0.351 e. The quantitative estimate of drug-likeness (QED) is 0.162. The number of pyridine rings is 1. The van der Waals surface area contributed by atoms with Crippen molar-refractivity contribution in [1.29, 1.82) is 0 Å². The van der Waals surface area contributed by atoms with Gasteiger partial charge in [-0.25, -0.2) is 9.97 Å². The summed E-state index contributed by atoms with van der Waals surface area (Å²) in [5, 5.41) is 16.8.